The first-order valence-corrected chi connectivity index (χ1v) is 8.37. The van der Waals surface area contributed by atoms with Gasteiger partial charge in [0, 0.05) is 12.7 Å². The number of benzene rings is 1. The molecule has 2 amide bonds. The van der Waals surface area contributed by atoms with Gasteiger partial charge in [-0.15, -0.1) is 0 Å². The average Bonchev–Trinajstić information content (AvgIpc) is 3.07. The lowest BCUT2D eigenvalue weighted by atomic mass is 10.1. The van der Waals surface area contributed by atoms with Gasteiger partial charge < -0.3 is 15.0 Å². The lowest BCUT2D eigenvalue weighted by molar-refractivity contribution is -0.152. The zero-order valence-corrected chi connectivity index (χ0v) is 14.7. The number of ether oxygens (including phenoxy) is 1. The van der Waals surface area contributed by atoms with Gasteiger partial charge in [-0.25, -0.2) is 0 Å². The molecule has 0 fully saturated rings. The number of aryl methyl sites for hydroxylation is 1. The maximum Gasteiger partial charge on any atom is 0.306 e. The van der Waals surface area contributed by atoms with E-state index in [1.54, 1.807) is 12.1 Å². The van der Waals surface area contributed by atoms with E-state index in [-0.39, 0.29) is 30.9 Å². The van der Waals surface area contributed by atoms with Gasteiger partial charge in [0.05, 0.1) is 13.0 Å². The first-order chi connectivity index (χ1) is 11.9. The number of carbonyl (C=O) groups is 3. The van der Waals surface area contributed by atoms with Gasteiger partial charge in [-0.1, -0.05) is 29.8 Å². The normalized spacial score (nSPS) is 15.7. The summed E-state index contributed by atoms with van der Waals surface area (Å²) in [6, 6.07) is 7.38. The molecule has 0 heterocycles. The summed E-state index contributed by atoms with van der Waals surface area (Å²) in [7, 11) is 1.50. The highest BCUT2D eigenvalue weighted by Gasteiger charge is 2.18. The summed E-state index contributed by atoms with van der Waals surface area (Å²) in [5.74, 6) is -0.889. The Bertz CT molecular complexity index is 652. The molecule has 0 saturated heterocycles. The Morgan fingerprint density at radius 3 is 2.60 bits per heavy atom. The van der Waals surface area contributed by atoms with E-state index < -0.39 is 5.91 Å². The van der Waals surface area contributed by atoms with Crippen molar-refractivity contribution >= 4 is 23.5 Å². The number of amides is 2. The van der Waals surface area contributed by atoms with Gasteiger partial charge in [0.1, 0.15) is 0 Å². The molecular weight excluding hydrogens is 320 g/mol. The maximum atomic E-state index is 12.0. The lowest BCUT2D eigenvalue weighted by Crippen LogP contribution is -2.37. The predicted molar refractivity (Wildman–Crippen MR) is 94.9 cm³/mol. The predicted octanol–water partition coefficient (Wildman–Crippen LogP) is 2.29. The number of hydrogen-bond donors (Lipinski definition) is 1. The van der Waals surface area contributed by atoms with Crippen LogP contribution >= 0.6 is 0 Å². The van der Waals surface area contributed by atoms with Gasteiger partial charge in [0.25, 0.3) is 5.91 Å². The fourth-order valence-corrected chi connectivity index (χ4v) is 2.53. The molecular formula is C19H24N2O4. The second-order valence-electron chi connectivity index (χ2n) is 6.29. The van der Waals surface area contributed by atoms with Crippen molar-refractivity contribution in [1.29, 1.82) is 0 Å². The second-order valence-corrected chi connectivity index (χ2v) is 6.29. The number of anilines is 1. The monoisotopic (exact) mass is 344 g/mol. The molecule has 1 aromatic carbocycles. The molecule has 6 nitrogen and oxygen atoms in total. The first-order valence-electron chi connectivity index (χ1n) is 8.37. The summed E-state index contributed by atoms with van der Waals surface area (Å²) in [5, 5.41) is 2.72. The van der Waals surface area contributed by atoms with Crippen molar-refractivity contribution in [1.82, 2.24) is 4.90 Å². The molecule has 134 valence electrons. The highest BCUT2D eigenvalue weighted by Crippen LogP contribution is 2.20. The Kier molecular flexibility index (Phi) is 6.74. The molecule has 1 atom stereocenters. The Labute approximate surface area is 147 Å². The van der Waals surface area contributed by atoms with Crippen LogP contribution in [0, 0.1) is 12.8 Å². The minimum absolute atomic E-state index is 0.102. The number of nitrogens with zero attached hydrogens (tertiary/aromatic N) is 1. The largest absolute Gasteiger partial charge is 0.456 e. The Balaban J connectivity index is 1.69. The molecule has 25 heavy (non-hydrogen) atoms. The zero-order valence-electron chi connectivity index (χ0n) is 14.7. The molecule has 6 heteroatoms. The van der Waals surface area contributed by atoms with Crippen LogP contribution in [0.15, 0.2) is 36.4 Å². The number of allylic oxidation sites excluding steroid dienone is 2. The maximum absolute atomic E-state index is 12.0. The van der Waals surface area contributed by atoms with Crippen molar-refractivity contribution in [2.45, 2.75) is 26.2 Å². The van der Waals surface area contributed by atoms with Crippen molar-refractivity contribution in [3.05, 3.63) is 42.0 Å². The van der Waals surface area contributed by atoms with E-state index in [0.29, 0.717) is 12.1 Å². The van der Waals surface area contributed by atoms with Crippen molar-refractivity contribution in [3.63, 3.8) is 0 Å². The van der Waals surface area contributed by atoms with Gasteiger partial charge in [0.15, 0.2) is 6.61 Å². The van der Waals surface area contributed by atoms with E-state index in [9.17, 15) is 14.4 Å². The zero-order chi connectivity index (χ0) is 18.2. The van der Waals surface area contributed by atoms with Crippen LogP contribution in [-0.4, -0.2) is 42.9 Å². The van der Waals surface area contributed by atoms with Gasteiger partial charge in [-0.3, -0.25) is 14.4 Å². The van der Waals surface area contributed by atoms with E-state index in [4.69, 9.17) is 4.74 Å². The number of nitrogens with one attached hydrogen (secondary N) is 1. The van der Waals surface area contributed by atoms with Crippen molar-refractivity contribution in [3.8, 4) is 0 Å². The van der Waals surface area contributed by atoms with E-state index in [1.165, 1.54) is 11.9 Å². The van der Waals surface area contributed by atoms with Crippen LogP contribution in [0.1, 0.15) is 24.8 Å². The molecule has 1 aliphatic rings. The molecule has 0 radical (unpaired) electrons. The van der Waals surface area contributed by atoms with Gasteiger partial charge >= 0.3 is 5.97 Å². The van der Waals surface area contributed by atoms with Crippen molar-refractivity contribution in [2.24, 2.45) is 5.92 Å². The third-order valence-electron chi connectivity index (χ3n) is 4.04. The first kappa shape index (κ1) is 18.7. The molecule has 0 spiro atoms. The van der Waals surface area contributed by atoms with Crippen LogP contribution in [0.3, 0.4) is 0 Å². The molecule has 0 aliphatic heterocycles. The quantitative estimate of drug-likeness (QED) is 0.608. The van der Waals surface area contributed by atoms with Crippen LogP contribution in [0.2, 0.25) is 0 Å². The van der Waals surface area contributed by atoms with Gasteiger partial charge in [0.2, 0.25) is 5.91 Å². The summed E-state index contributed by atoms with van der Waals surface area (Å²) in [6.07, 6.45) is 6.27. The highest BCUT2D eigenvalue weighted by atomic mass is 16.5. The third kappa shape index (κ3) is 6.41. The molecule has 0 saturated carbocycles. The van der Waals surface area contributed by atoms with Crippen molar-refractivity contribution < 1.29 is 19.1 Å². The summed E-state index contributed by atoms with van der Waals surface area (Å²) < 4.78 is 5.00. The topological polar surface area (TPSA) is 75.7 Å². The van der Waals surface area contributed by atoms with E-state index in [1.807, 2.05) is 31.2 Å². The van der Waals surface area contributed by atoms with Crippen LogP contribution in [0.25, 0.3) is 0 Å². The van der Waals surface area contributed by atoms with E-state index >= 15 is 0 Å². The summed E-state index contributed by atoms with van der Waals surface area (Å²) in [5.41, 5.74) is 1.77. The summed E-state index contributed by atoms with van der Waals surface area (Å²) in [6.45, 7) is 1.52. The molecule has 1 N–H and O–H groups in total. The van der Waals surface area contributed by atoms with Crippen LogP contribution < -0.4 is 5.32 Å². The molecule has 0 unspecified atom stereocenters. The van der Waals surface area contributed by atoms with E-state index in [2.05, 4.69) is 5.32 Å². The third-order valence-corrected chi connectivity index (χ3v) is 4.04. The SMILES string of the molecule is Cc1ccc(NC(=O)CN(C)C(=O)COC(=O)C[C@H]2C=CCC2)cc1. The van der Waals surface area contributed by atoms with Crippen molar-refractivity contribution in [2.75, 3.05) is 25.5 Å². The van der Waals surface area contributed by atoms with Crippen LogP contribution in [0.5, 0.6) is 0 Å². The molecule has 0 bridgehead atoms. The lowest BCUT2D eigenvalue weighted by Gasteiger charge is -2.17. The Morgan fingerprint density at radius 1 is 1.24 bits per heavy atom. The fraction of sp³-hybridized carbons (Fsp3) is 0.421. The summed E-state index contributed by atoms with van der Waals surface area (Å²) >= 11 is 0. The second kappa shape index (κ2) is 9.01. The fourth-order valence-electron chi connectivity index (χ4n) is 2.53. The molecule has 2 rings (SSSR count). The number of carbonyl (C=O) groups excluding carboxylic acids is 3. The molecule has 1 aromatic rings. The Hall–Kier alpha value is -2.63. The van der Waals surface area contributed by atoms with E-state index in [0.717, 1.165) is 18.4 Å². The number of rotatable bonds is 7. The van der Waals surface area contributed by atoms with Gasteiger partial charge in [-0.2, -0.15) is 0 Å². The number of esters is 1. The standard InChI is InChI=1S/C19H24N2O4/c1-14-7-9-16(10-8-14)20-17(22)12-21(2)18(23)13-25-19(24)11-15-5-3-4-6-15/h3,5,7-10,15H,4,6,11-13H2,1-2H3,(H,20,22)/t15-/m0/s1. The van der Waals surface area contributed by atoms with Crippen LogP contribution in [0.4, 0.5) is 5.69 Å². The smallest absolute Gasteiger partial charge is 0.306 e. The minimum Gasteiger partial charge on any atom is -0.456 e. The minimum atomic E-state index is -0.408. The molecule has 1 aliphatic carbocycles. The highest BCUT2D eigenvalue weighted by molar-refractivity contribution is 5.94. The Morgan fingerprint density at radius 2 is 1.96 bits per heavy atom. The summed E-state index contributed by atoms with van der Waals surface area (Å²) in [4.78, 5) is 36.9. The van der Waals surface area contributed by atoms with Crippen LogP contribution in [-0.2, 0) is 19.1 Å². The van der Waals surface area contributed by atoms with Gasteiger partial charge in [-0.05, 0) is 37.8 Å². The molecule has 0 aromatic heterocycles. The number of likely N-dealkylation sites (N-methyl/N-ethyl adjacent to an activating group) is 1. The number of hydrogen-bond acceptors (Lipinski definition) is 4. The average molecular weight is 344 g/mol.